The van der Waals surface area contributed by atoms with Crippen LogP contribution in [0, 0.1) is 0 Å². The van der Waals surface area contributed by atoms with Gasteiger partial charge in [0.25, 0.3) is 0 Å². The minimum absolute atomic E-state index is 0.322. The van der Waals surface area contributed by atoms with Crippen molar-refractivity contribution >= 4 is 16.9 Å². The summed E-state index contributed by atoms with van der Waals surface area (Å²) in [4.78, 5) is 11.5. The second-order valence-electron chi connectivity index (χ2n) is 3.36. The van der Waals surface area contributed by atoms with Gasteiger partial charge in [-0.2, -0.15) is 13.2 Å². The molecule has 1 nitrogen and oxygen atoms in total. The molecule has 0 N–H and O–H groups in total. The van der Waals surface area contributed by atoms with Crippen LogP contribution in [-0.4, -0.2) is 17.0 Å². The zero-order valence-corrected chi connectivity index (χ0v) is 9.44. The number of alkyl halides is 3. The van der Waals surface area contributed by atoms with Gasteiger partial charge in [-0.1, -0.05) is 49.0 Å². The molecule has 1 atom stereocenters. The predicted molar refractivity (Wildman–Crippen MR) is 58.4 cm³/mol. The van der Waals surface area contributed by atoms with Crippen molar-refractivity contribution in [2.24, 2.45) is 0 Å². The molecule has 0 radical (unpaired) electrons. The largest absolute Gasteiger partial charge is 0.398 e. The van der Waals surface area contributed by atoms with Gasteiger partial charge >= 0.3 is 6.18 Å². The van der Waals surface area contributed by atoms with Gasteiger partial charge in [0.05, 0.1) is 11.7 Å². The fourth-order valence-electron chi connectivity index (χ4n) is 1.16. The highest BCUT2D eigenvalue weighted by Gasteiger charge is 2.29. The molecule has 88 valence electrons. The number of carbonyl (C=O) groups excluding carboxylic acids is 1. The lowest BCUT2D eigenvalue weighted by Crippen LogP contribution is -2.15. The molecule has 0 aliphatic heterocycles. The maximum absolute atomic E-state index is 11.9. The Labute approximate surface area is 96.0 Å². The van der Waals surface area contributed by atoms with Crippen molar-refractivity contribution in [2.75, 3.05) is 5.75 Å². The van der Waals surface area contributed by atoms with Gasteiger partial charge in [0, 0.05) is 0 Å². The van der Waals surface area contributed by atoms with Crippen LogP contribution in [0.2, 0.25) is 0 Å². The van der Waals surface area contributed by atoms with Gasteiger partial charge in [0.15, 0.2) is 5.12 Å². The normalized spacial score (nSPS) is 13.5. The van der Waals surface area contributed by atoms with E-state index in [4.69, 9.17) is 0 Å². The number of hydrogen-bond acceptors (Lipinski definition) is 2. The van der Waals surface area contributed by atoms with Crippen molar-refractivity contribution in [1.82, 2.24) is 0 Å². The molecule has 0 amide bonds. The lowest BCUT2D eigenvalue weighted by atomic mass is 10.0. The fourth-order valence-corrected chi connectivity index (χ4v) is 1.85. The number of benzene rings is 1. The van der Waals surface area contributed by atoms with Gasteiger partial charge in [-0.25, -0.2) is 0 Å². The first kappa shape index (κ1) is 13.1. The van der Waals surface area contributed by atoms with Gasteiger partial charge in [0.2, 0.25) is 0 Å². The zero-order chi connectivity index (χ0) is 12.2. The van der Waals surface area contributed by atoms with Crippen LogP contribution in [0.3, 0.4) is 0 Å². The molecule has 16 heavy (non-hydrogen) atoms. The Morgan fingerprint density at radius 3 is 2.38 bits per heavy atom. The Kier molecular flexibility index (Phi) is 4.41. The number of hydrogen-bond donors (Lipinski definition) is 0. The van der Waals surface area contributed by atoms with Crippen molar-refractivity contribution in [3.05, 3.63) is 35.9 Å². The van der Waals surface area contributed by atoms with E-state index >= 15 is 0 Å². The highest BCUT2D eigenvalue weighted by atomic mass is 32.2. The first-order valence-corrected chi connectivity index (χ1v) is 5.67. The zero-order valence-electron chi connectivity index (χ0n) is 8.62. The standard InChI is InChI=1S/C11H11F3OS/c1-8(9-5-3-2-4-6-9)10(15)16-7-11(12,13)14/h2-6,8H,7H2,1H3/t8-/m1/s1. The molecule has 0 bridgehead atoms. The number of thioether (sulfide) groups is 1. The molecule has 5 heteroatoms. The molecular formula is C11H11F3OS. The molecule has 0 aliphatic rings. The van der Waals surface area contributed by atoms with Crippen molar-refractivity contribution in [2.45, 2.75) is 19.0 Å². The molecule has 0 heterocycles. The van der Waals surface area contributed by atoms with Crippen LogP contribution in [0.5, 0.6) is 0 Å². The average Bonchev–Trinajstić information content (AvgIpc) is 2.25. The molecule has 0 aromatic heterocycles. The van der Waals surface area contributed by atoms with Gasteiger partial charge < -0.3 is 0 Å². The third-order valence-electron chi connectivity index (χ3n) is 2.03. The minimum Gasteiger partial charge on any atom is -0.287 e. The average molecular weight is 248 g/mol. The predicted octanol–water partition coefficient (Wildman–Crippen LogP) is 3.61. The molecule has 0 saturated carbocycles. The smallest absolute Gasteiger partial charge is 0.287 e. The van der Waals surface area contributed by atoms with Crippen LogP contribution in [-0.2, 0) is 4.79 Å². The van der Waals surface area contributed by atoms with Gasteiger partial charge in [-0.3, -0.25) is 4.79 Å². The summed E-state index contributed by atoms with van der Waals surface area (Å²) in [6.45, 7) is 1.61. The Morgan fingerprint density at radius 1 is 1.31 bits per heavy atom. The summed E-state index contributed by atoms with van der Waals surface area (Å²) in [6.07, 6.45) is -4.29. The highest BCUT2D eigenvalue weighted by molar-refractivity contribution is 8.13. The number of halogens is 3. The van der Waals surface area contributed by atoms with Crippen molar-refractivity contribution in [3.63, 3.8) is 0 Å². The van der Waals surface area contributed by atoms with Gasteiger partial charge in [0.1, 0.15) is 0 Å². The summed E-state index contributed by atoms with van der Waals surface area (Å²) in [5.74, 6) is -1.63. The third-order valence-corrected chi connectivity index (χ3v) is 3.14. The summed E-state index contributed by atoms with van der Waals surface area (Å²) in [7, 11) is 0. The van der Waals surface area contributed by atoms with E-state index in [0.29, 0.717) is 11.8 Å². The quantitative estimate of drug-likeness (QED) is 0.812. The van der Waals surface area contributed by atoms with Crippen molar-refractivity contribution in [3.8, 4) is 0 Å². The lowest BCUT2D eigenvalue weighted by Gasteiger charge is -2.11. The first-order chi connectivity index (χ1) is 7.40. The molecule has 0 aliphatic carbocycles. The van der Waals surface area contributed by atoms with Crippen molar-refractivity contribution < 1.29 is 18.0 Å². The summed E-state index contributed by atoms with van der Waals surface area (Å²) in [5.41, 5.74) is 0.738. The SMILES string of the molecule is C[C@@H](C(=O)SCC(F)(F)F)c1ccccc1. The molecule has 0 spiro atoms. The summed E-state index contributed by atoms with van der Waals surface area (Å²) in [6, 6.07) is 8.78. The number of rotatable bonds is 3. The molecule has 0 fully saturated rings. The monoisotopic (exact) mass is 248 g/mol. The van der Waals surface area contributed by atoms with E-state index < -0.39 is 23.0 Å². The molecule has 1 rings (SSSR count). The topological polar surface area (TPSA) is 17.1 Å². The van der Waals surface area contributed by atoms with Gasteiger partial charge in [-0.15, -0.1) is 0 Å². The molecule has 0 saturated heterocycles. The lowest BCUT2D eigenvalue weighted by molar-refractivity contribution is -0.114. The van der Waals surface area contributed by atoms with E-state index in [9.17, 15) is 18.0 Å². The third kappa shape index (κ3) is 4.26. The van der Waals surface area contributed by atoms with E-state index in [1.54, 1.807) is 37.3 Å². The van der Waals surface area contributed by atoms with E-state index in [1.807, 2.05) is 0 Å². The second kappa shape index (κ2) is 5.39. The van der Waals surface area contributed by atoms with E-state index in [0.717, 1.165) is 5.56 Å². The van der Waals surface area contributed by atoms with Crippen LogP contribution in [0.4, 0.5) is 13.2 Å². The Bertz CT molecular complexity index is 348. The van der Waals surface area contributed by atoms with Crippen LogP contribution in [0.15, 0.2) is 30.3 Å². The van der Waals surface area contributed by atoms with Crippen molar-refractivity contribution in [1.29, 1.82) is 0 Å². The first-order valence-electron chi connectivity index (χ1n) is 4.68. The summed E-state index contributed by atoms with van der Waals surface area (Å²) in [5, 5.41) is -0.455. The fraction of sp³-hybridized carbons (Fsp3) is 0.364. The highest BCUT2D eigenvalue weighted by Crippen LogP contribution is 2.27. The van der Waals surface area contributed by atoms with Crippen LogP contribution >= 0.6 is 11.8 Å². The van der Waals surface area contributed by atoms with Crippen LogP contribution in [0.1, 0.15) is 18.4 Å². The van der Waals surface area contributed by atoms with Gasteiger partial charge in [-0.05, 0) is 5.56 Å². The van der Waals surface area contributed by atoms with E-state index in [2.05, 4.69) is 0 Å². The maximum Gasteiger partial charge on any atom is 0.398 e. The molecule has 1 aromatic carbocycles. The minimum atomic E-state index is -4.29. The molecule has 1 aromatic rings. The molecular weight excluding hydrogens is 237 g/mol. The van der Waals surface area contributed by atoms with Crippen LogP contribution in [0.25, 0.3) is 0 Å². The Balaban J connectivity index is 2.55. The van der Waals surface area contributed by atoms with E-state index in [-0.39, 0.29) is 0 Å². The maximum atomic E-state index is 11.9. The Hall–Kier alpha value is -0.970. The summed E-state index contributed by atoms with van der Waals surface area (Å²) >= 11 is 0.322. The molecule has 0 unspecified atom stereocenters. The van der Waals surface area contributed by atoms with E-state index in [1.165, 1.54) is 0 Å². The Morgan fingerprint density at radius 2 is 1.88 bits per heavy atom. The number of carbonyl (C=O) groups is 1. The second-order valence-corrected chi connectivity index (χ2v) is 4.33. The summed E-state index contributed by atoms with van der Waals surface area (Å²) < 4.78 is 35.7. The van der Waals surface area contributed by atoms with Crippen LogP contribution < -0.4 is 0 Å².